The smallest absolute Gasteiger partial charge is 0.312 e. The Bertz CT molecular complexity index is 559. The number of aliphatic hydroxyl groups excluding tert-OH is 1. The van der Waals surface area contributed by atoms with Gasteiger partial charge in [-0.2, -0.15) is 0 Å². The van der Waals surface area contributed by atoms with Crippen LogP contribution >= 0.6 is 0 Å². The number of carboxylic acid groups (broad SMARTS) is 1. The number of fused-ring (bicyclic) bond motifs is 3. The number of carboxylic acids is 1. The normalized spacial score (nSPS) is 40.0. The number of aliphatic carboxylic acids is 1. The van der Waals surface area contributed by atoms with Crippen LogP contribution in [0.25, 0.3) is 0 Å². The van der Waals surface area contributed by atoms with Gasteiger partial charge in [-0.3, -0.25) is 4.79 Å². The lowest BCUT2D eigenvalue weighted by molar-refractivity contribution is -0.170. The van der Waals surface area contributed by atoms with Crippen molar-refractivity contribution in [2.75, 3.05) is 6.61 Å². The average Bonchev–Trinajstić information content (AvgIpc) is 2.52. The Morgan fingerprint density at radius 3 is 2.74 bits per heavy atom. The van der Waals surface area contributed by atoms with E-state index in [4.69, 9.17) is 0 Å². The molecule has 3 heteroatoms. The van der Waals surface area contributed by atoms with E-state index in [2.05, 4.69) is 32.9 Å². The molecule has 0 aromatic carbocycles. The van der Waals surface area contributed by atoms with Crippen molar-refractivity contribution < 1.29 is 15.0 Å². The molecule has 0 amide bonds. The van der Waals surface area contributed by atoms with E-state index in [9.17, 15) is 15.0 Å². The minimum atomic E-state index is -0.947. The maximum absolute atomic E-state index is 12.0. The summed E-state index contributed by atoms with van der Waals surface area (Å²) in [5, 5.41) is 19.8. The zero-order valence-corrected chi connectivity index (χ0v) is 14.6. The van der Waals surface area contributed by atoms with E-state index < -0.39 is 11.4 Å². The quantitative estimate of drug-likeness (QED) is 0.821. The van der Waals surface area contributed by atoms with Crippen LogP contribution in [0.1, 0.15) is 59.3 Å². The molecule has 3 nitrogen and oxygen atoms in total. The van der Waals surface area contributed by atoms with Crippen molar-refractivity contribution in [2.24, 2.45) is 28.6 Å². The Labute approximate surface area is 139 Å². The van der Waals surface area contributed by atoms with Gasteiger partial charge in [0.1, 0.15) is 0 Å². The maximum Gasteiger partial charge on any atom is 0.312 e. The number of rotatable bonds is 3. The topological polar surface area (TPSA) is 57.5 Å². The molecule has 2 N–H and O–H groups in total. The van der Waals surface area contributed by atoms with Crippen LogP contribution in [0.5, 0.6) is 0 Å². The van der Waals surface area contributed by atoms with Crippen LogP contribution in [-0.2, 0) is 4.79 Å². The van der Waals surface area contributed by atoms with Gasteiger partial charge in [-0.05, 0) is 60.8 Å². The van der Waals surface area contributed by atoms with Gasteiger partial charge in [0.05, 0.1) is 12.0 Å². The summed E-state index contributed by atoms with van der Waals surface area (Å²) < 4.78 is 0. The van der Waals surface area contributed by atoms with E-state index in [-0.39, 0.29) is 17.9 Å². The summed E-state index contributed by atoms with van der Waals surface area (Å²) in [6, 6.07) is 0. The summed E-state index contributed by atoms with van der Waals surface area (Å²) in [6.07, 6.45) is 10.3. The van der Waals surface area contributed by atoms with Crippen molar-refractivity contribution in [2.45, 2.75) is 59.3 Å². The largest absolute Gasteiger partial charge is 0.481 e. The van der Waals surface area contributed by atoms with Crippen LogP contribution in [0.4, 0.5) is 0 Å². The van der Waals surface area contributed by atoms with Gasteiger partial charge in [0.25, 0.3) is 0 Å². The third kappa shape index (κ3) is 2.39. The molecule has 128 valence electrons. The van der Waals surface area contributed by atoms with Crippen molar-refractivity contribution >= 4 is 5.97 Å². The SMILES string of the molecule is CC(C)C1=CC2=CCC3[C@](CO)(C(=O)O)CCC[C@]3(C)[C@H]2CC1. The standard InChI is InChI=1S/C20H30O3/c1-13(2)14-5-7-16-15(11-14)6-8-17-19(16,3)9-4-10-20(17,12-21)18(22)23/h6,11,13,16-17,21H,4-5,7-10,12H2,1-3H3,(H,22,23)/t16-,17?,19+,20-/m0/s1. The van der Waals surface area contributed by atoms with Crippen LogP contribution in [0, 0.1) is 28.6 Å². The molecule has 1 unspecified atom stereocenters. The van der Waals surface area contributed by atoms with Crippen LogP contribution in [0.2, 0.25) is 0 Å². The molecule has 0 spiro atoms. The Hall–Kier alpha value is -1.09. The maximum atomic E-state index is 12.0. The van der Waals surface area contributed by atoms with Gasteiger partial charge in [0, 0.05) is 0 Å². The van der Waals surface area contributed by atoms with Crippen molar-refractivity contribution in [3.05, 3.63) is 23.3 Å². The monoisotopic (exact) mass is 318 g/mol. The van der Waals surface area contributed by atoms with Gasteiger partial charge in [-0.15, -0.1) is 0 Å². The zero-order chi connectivity index (χ0) is 16.8. The second-order valence-corrected chi connectivity index (χ2v) is 8.44. The highest BCUT2D eigenvalue weighted by Gasteiger charge is 2.59. The van der Waals surface area contributed by atoms with E-state index in [1.807, 2.05) is 0 Å². The number of hydrogen-bond donors (Lipinski definition) is 2. The molecule has 1 fully saturated rings. The molecule has 23 heavy (non-hydrogen) atoms. The fraction of sp³-hybridized carbons (Fsp3) is 0.750. The van der Waals surface area contributed by atoms with Gasteiger partial charge < -0.3 is 10.2 Å². The van der Waals surface area contributed by atoms with Crippen molar-refractivity contribution in [1.29, 1.82) is 0 Å². The van der Waals surface area contributed by atoms with Crippen molar-refractivity contribution in [3.63, 3.8) is 0 Å². The third-order valence-corrected chi connectivity index (χ3v) is 7.11. The number of carbonyl (C=O) groups is 1. The first-order chi connectivity index (χ1) is 10.8. The molecule has 0 aromatic heterocycles. The second-order valence-electron chi connectivity index (χ2n) is 8.44. The highest BCUT2D eigenvalue weighted by atomic mass is 16.4. The lowest BCUT2D eigenvalue weighted by Gasteiger charge is -2.57. The first-order valence-corrected chi connectivity index (χ1v) is 9.10. The summed E-state index contributed by atoms with van der Waals surface area (Å²) in [4.78, 5) is 12.0. The summed E-state index contributed by atoms with van der Waals surface area (Å²) in [7, 11) is 0. The molecular weight excluding hydrogens is 288 g/mol. The predicted molar refractivity (Wildman–Crippen MR) is 90.9 cm³/mol. The Morgan fingerprint density at radius 2 is 2.13 bits per heavy atom. The number of allylic oxidation sites excluding steroid dienone is 4. The van der Waals surface area contributed by atoms with Crippen LogP contribution < -0.4 is 0 Å². The first kappa shape index (κ1) is 16.8. The Balaban J connectivity index is 2.02. The zero-order valence-electron chi connectivity index (χ0n) is 14.6. The molecule has 3 rings (SSSR count). The highest BCUT2D eigenvalue weighted by Crippen LogP contribution is 2.62. The molecular formula is C20H30O3. The highest BCUT2D eigenvalue weighted by molar-refractivity contribution is 5.76. The first-order valence-electron chi connectivity index (χ1n) is 9.10. The molecule has 0 aromatic rings. The second kappa shape index (κ2) is 5.77. The van der Waals surface area contributed by atoms with Gasteiger partial charge in [-0.25, -0.2) is 0 Å². The minimum absolute atomic E-state index is 0.00244. The molecule has 4 atom stereocenters. The molecule has 0 radical (unpaired) electrons. The van der Waals surface area contributed by atoms with E-state index in [1.165, 1.54) is 11.1 Å². The van der Waals surface area contributed by atoms with Crippen LogP contribution in [0.3, 0.4) is 0 Å². The van der Waals surface area contributed by atoms with Gasteiger partial charge in [0.15, 0.2) is 0 Å². The molecule has 3 aliphatic rings. The van der Waals surface area contributed by atoms with E-state index in [1.54, 1.807) is 0 Å². The summed E-state index contributed by atoms with van der Waals surface area (Å²) in [5.41, 5.74) is 2.01. The van der Waals surface area contributed by atoms with Gasteiger partial charge in [0.2, 0.25) is 0 Å². The Morgan fingerprint density at radius 1 is 1.39 bits per heavy atom. The van der Waals surface area contributed by atoms with Crippen LogP contribution in [-0.4, -0.2) is 22.8 Å². The van der Waals surface area contributed by atoms with Gasteiger partial charge in [-0.1, -0.05) is 44.9 Å². The third-order valence-electron chi connectivity index (χ3n) is 7.11. The molecule has 0 aliphatic heterocycles. The average molecular weight is 318 g/mol. The molecule has 0 saturated heterocycles. The summed E-state index contributed by atoms with van der Waals surface area (Å²) >= 11 is 0. The molecule has 1 saturated carbocycles. The summed E-state index contributed by atoms with van der Waals surface area (Å²) in [6.45, 7) is 6.56. The fourth-order valence-corrected chi connectivity index (χ4v) is 5.67. The number of aliphatic hydroxyl groups is 1. The molecule has 0 bridgehead atoms. The van der Waals surface area contributed by atoms with Crippen molar-refractivity contribution in [1.82, 2.24) is 0 Å². The molecule has 3 aliphatic carbocycles. The van der Waals surface area contributed by atoms with E-state index in [0.717, 1.165) is 32.1 Å². The van der Waals surface area contributed by atoms with Crippen molar-refractivity contribution in [3.8, 4) is 0 Å². The van der Waals surface area contributed by atoms with E-state index in [0.29, 0.717) is 18.3 Å². The minimum Gasteiger partial charge on any atom is -0.481 e. The molecule has 0 heterocycles. The van der Waals surface area contributed by atoms with Crippen LogP contribution in [0.15, 0.2) is 23.3 Å². The van der Waals surface area contributed by atoms with E-state index >= 15 is 0 Å². The lowest BCUT2D eigenvalue weighted by atomic mass is 9.46. The summed E-state index contributed by atoms with van der Waals surface area (Å²) in [5.74, 6) is 0.287. The Kier molecular flexibility index (Phi) is 4.20. The van der Waals surface area contributed by atoms with Gasteiger partial charge >= 0.3 is 5.97 Å². The lowest BCUT2D eigenvalue weighted by Crippen LogP contribution is -2.55. The fourth-order valence-electron chi connectivity index (χ4n) is 5.67. The number of hydrogen-bond acceptors (Lipinski definition) is 2. The predicted octanol–water partition coefficient (Wildman–Crippen LogP) is 4.18.